The highest BCUT2D eigenvalue weighted by atomic mass is 32.2. The largest absolute Gasteiger partial charge is 0.389 e. The summed E-state index contributed by atoms with van der Waals surface area (Å²) in [5, 5.41) is 0. The van der Waals surface area contributed by atoms with Gasteiger partial charge in [-0.1, -0.05) is 43.4 Å². The summed E-state index contributed by atoms with van der Waals surface area (Å²) in [6.45, 7) is 5.78. The molecule has 0 aromatic heterocycles. The molecule has 0 bridgehead atoms. The van der Waals surface area contributed by atoms with Crippen molar-refractivity contribution in [2.24, 2.45) is 5.73 Å². The van der Waals surface area contributed by atoms with Crippen molar-refractivity contribution >= 4 is 27.2 Å². The molecule has 0 aliphatic rings. The van der Waals surface area contributed by atoms with Crippen LogP contribution in [0.2, 0.25) is 0 Å². The molecule has 112 valence electrons. The molecule has 0 radical (unpaired) electrons. The normalized spacial score (nSPS) is 12.7. The Morgan fingerprint density at radius 1 is 1.35 bits per heavy atom. The highest BCUT2D eigenvalue weighted by molar-refractivity contribution is 7.88. The number of hydrogen-bond acceptors (Lipinski definition) is 3. The zero-order valence-corrected chi connectivity index (χ0v) is 14.0. The average Bonchev–Trinajstić information content (AvgIpc) is 2.37. The Morgan fingerprint density at radius 3 is 2.40 bits per heavy atom. The van der Waals surface area contributed by atoms with Crippen LogP contribution in [0.4, 0.5) is 0 Å². The first-order valence-electron chi connectivity index (χ1n) is 6.46. The molecule has 0 fully saturated rings. The summed E-state index contributed by atoms with van der Waals surface area (Å²) in [5.74, 6) is -0.0968. The molecule has 0 atom stereocenters. The molecule has 4 nitrogen and oxygen atoms in total. The van der Waals surface area contributed by atoms with Crippen molar-refractivity contribution in [3.05, 3.63) is 35.4 Å². The van der Waals surface area contributed by atoms with E-state index < -0.39 is 15.6 Å². The number of nitrogens with zero attached hydrogens (tertiary/aromatic N) is 1. The van der Waals surface area contributed by atoms with Crippen LogP contribution >= 0.6 is 12.2 Å². The molecule has 20 heavy (non-hydrogen) atoms. The lowest BCUT2D eigenvalue weighted by Crippen LogP contribution is -2.45. The van der Waals surface area contributed by atoms with Crippen LogP contribution in [0.1, 0.15) is 38.3 Å². The minimum atomic E-state index is -3.42. The van der Waals surface area contributed by atoms with Gasteiger partial charge in [0.05, 0.1) is 5.75 Å². The summed E-state index contributed by atoms with van der Waals surface area (Å²) >= 11 is 4.97. The number of hydrogen-bond donors (Lipinski definition) is 1. The Labute approximate surface area is 127 Å². The second-order valence-corrected chi connectivity index (χ2v) is 7.85. The summed E-state index contributed by atoms with van der Waals surface area (Å²) in [6.07, 6.45) is 0.736. The summed E-state index contributed by atoms with van der Waals surface area (Å²) < 4.78 is 26.5. The second-order valence-electron chi connectivity index (χ2n) is 5.41. The van der Waals surface area contributed by atoms with Crippen molar-refractivity contribution in [1.82, 2.24) is 4.31 Å². The third kappa shape index (κ3) is 3.77. The van der Waals surface area contributed by atoms with E-state index in [1.54, 1.807) is 31.3 Å². The van der Waals surface area contributed by atoms with Crippen LogP contribution in [0.25, 0.3) is 0 Å². The Kier molecular flexibility index (Phi) is 5.29. The lowest BCUT2D eigenvalue weighted by molar-refractivity contribution is 0.257. The van der Waals surface area contributed by atoms with Gasteiger partial charge in [0.15, 0.2) is 0 Å². The first-order chi connectivity index (χ1) is 9.12. The van der Waals surface area contributed by atoms with E-state index in [0.717, 1.165) is 6.42 Å². The quantitative estimate of drug-likeness (QED) is 0.818. The summed E-state index contributed by atoms with van der Waals surface area (Å²) in [6, 6.07) is 7.08. The molecule has 0 aliphatic carbocycles. The zero-order chi connectivity index (χ0) is 15.6. The summed E-state index contributed by atoms with van der Waals surface area (Å²) in [4.78, 5) is 0.216. The fraction of sp³-hybridized carbons (Fsp3) is 0.500. The first kappa shape index (κ1) is 17.1. The maximum absolute atomic E-state index is 12.5. The molecular weight excluding hydrogens is 292 g/mol. The third-order valence-corrected chi connectivity index (χ3v) is 5.98. The molecule has 1 rings (SSSR count). The molecule has 0 unspecified atom stereocenters. The van der Waals surface area contributed by atoms with Gasteiger partial charge in [-0.05, 0) is 25.8 Å². The van der Waals surface area contributed by atoms with E-state index in [2.05, 4.69) is 0 Å². The van der Waals surface area contributed by atoms with Gasteiger partial charge < -0.3 is 5.73 Å². The Bertz CT molecular complexity index is 595. The molecule has 0 amide bonds. The molecule has 0 spiro atoms. The van der Waals surface area contributed by atoms with E-state index in [0.29, 0.717) is 11.1 Å². The average molecular weight is 314 g/mol. The van der Waals surface area contributed by atoms with E-state index in [-0.39, 0.29) is 10.7 Å². The smallest absolute Gasteiger partial charge is 0.218 e. The molecule has 2 N–H and O–H groups in total. The van der Waals surface area contributed by atoms with Crippen molar-refractivity contribution < 1.29 is 8.42 Å². The Hall–Kier alpha value is -0.980. The van der Waals surface area contributed by atoms with E-state index in [1.807, 2.05) is 20.8 Å². The molecule has 0 aliphatic heterocycles. The van der Waals surface area contributed by atoms with Gasteiger partial charge in [-0.15, -0.1) is 0 Å². The summed E-state index contributed by atoms with van der Waals surface area (Å²) in [7, 11) is -1.81. The van der Waals surface area contributed by atoms with Gasteiger partial charge in [-0.2, -0.15) is 4.31 Å². The minimum absolute atomic E-state index is 0.0968. The van der Waals surface area contributed by atoms with Crippen molar-refractivity contribution in [3.8, 4) is 0 Å². The Morgan fingerprint density at radius 2 is 1.90 bits per heavy atom. The van der Waals surface area contributed by atoms with Crippen LogP contribution in [0.5, 0.6) is 0 Å². The molecule has 1 aromatic rings. The van der Waals surface area contributed by atoms with Crippen LogP contribution in [-0.4, -0.2) is 30.3 Å². The fourth-order valence-electron chi connectivity index (χ4n) is 1.78. The standard InChI is InChI=1S/C14H22N2O2S2/c1-5-14(2,3)16(4)20(17,18)10-11-8-6-7-9-12(11)13(15)19/h6-9H,5,10H2,1-4H3,(H2,15,19). The van der Waals surface area contributed by atoms with Gasteiger partial charge >= 0.3 is 0 Å². The number of rotatable bonds is 6. The fourth-order valence-corrected chi connectivity index (χ4v) is 3.70. The van der Waals surface area contributed by atoms with Gasteiger partial charge in [0.25, 0.3) is 0 Å². The van der Waals surface area contributed by atoms with E-state index in [9.17, 15) is 8.42 Å². The minimum Gasteiger partial charge on any atom is -0.389 e. The van der Waals surface area contributed by atoms with Crippen LogP contribution < -0.4 is 5.73 Å². The molecule has 0 saturated carbocycles. The van der Waals surface area contributed by atoms with Gasteiger partial charge in [0.1, 0.15) is 4.99 Å². The van der Waals surface area contributed by atoms with Gasteiger partial charge in [0, 0.05) is 18.2 Å². The molecule has 6 heteroatoms. The maximum atomic E-state index is 12.5. The highest BCUT2D eigenvalue weighted by Gasteiger charge is 2.31. The van der Waals surface area contributed by atoms with Crippen LogP contribution in [-0.2, 0) is 15.8 Å². The number of nitrogens with two attached hydrogens (primary N) is 1. The SMILES string of the molecule is CCC(C)(C)N(C)S(=O)(=O)Cc1ccccc1C(N)=S. The van der Waals surface area contributed by atoms with Gasteiger partial charge in [0.2, 0.25) is 10.0 Å². The second kappa shape index (κ2) is 6.20. The monoisotopic (exact) mass is 314 g/mol. The van der Waals surface area contributed by atoms with Crippen molar-refractivity contribution in [3.63, 3.8) is 0 Å². The van der Waals surface area contributed by atoms with E-state index >= 15 is 0 Å². The molecule has 0 saturated heterocycles. The van der Waals surface area contributed by atoms with Crippen LogP contribution in [0.15, 0.2) is 24.3 Å². The summed E-state index contributed by atoms with van der Waals surface area (Å²) in [5.41, 5.74) is 6.48. The first-order valence-corrected chi connectivity index (χ1v) is 8.48. The van der Waals surface area contributed by atoms with Gasteiger partial charge in [-0.3, -0.25) is 0 Å². The Balaban J connectivity index is 3.13. The van der Waals surface area contributed by atoms with Crippen LogP contribution in [0, 0.1) is 0 Å². The van der Waals surface area contributed by atoms with Crippen LogP contribution in [0.3, 0.4) is 0 Å². The van der Waals surface area contributed by atoms with Crippen molar-refractivity contribution in [1.29, 1.82) is 0 Å². The highest BCUT2D eigenvalue weighted by Crippen LogP contribution is 2.23. The lowest BCUT2D eigenvalue weighted by Gasteiger charge is -2.33. The number of thiocarbonyl (C=S) groups is 1. The zero-order valence-electron chi connectivity index (χ0n) is 12.4. The van der Waals surface area contributed by atoms with Crippen molar-refractivity contribution in [2.45, 2.75) is 38.5 Å². The molecule has 1 aromatic carbocycles. The third-order valence-electron chi connectivity index (χ3n) is 3.76. The van der Waals surface area contributed by atoms with Gasteiger partial charge in [-0.25, -0.2) is 8.42 Å². The number of sulfonamides is 1. The van der Waals surface area contributed by atoms with Crippen molar-refractivity contribution in [2.75, 3.05) is 7.05 Å². The van der Waals surface area contributed by atoms with E-state index in [4.69, 9.17) is 18.0 Å². The predicted molar refractivity (Wildman–Crippen MR) is 87.1 cm³/mol. The molecule has 0 heterocycles. The maximum Gasteiger partial charge on any atom is 0.218 e. The topological polar surface area (TPSA) is 63.4 Å². The predicted octanol–water partition coefficient (Wildman–Crippen LogP) is 2.27. The van der Waals surface area contributed by atoms with E-state index in [1.165, 1.54) is 4.31 Å². The number of benzene rings is 1. The lowest BCUT2D eigenvalue weighted by atomic mass is 10.0. The molecular formula is C14H22N2O2S2.